The Kier molecular flexibility index (Phi) is 2.17. The summed E-state index contributed by atoms with van der Waals surface area (Å²) in [4.78, 5) is 14.8. The van der Waals surface area contributed by atoms with E-state index in [0.29, 0.717) is 13.1 Å². The van der Waals surface area contributed by atoms with E-state index in [4.69, 9.17) is 0 Å². The minimum absolute atomic E-state index is 0.0416. The quantitative estimate of drug-likeness (QED) is 0.671. The van der Waals surface area contributed by atoms with Gasteiger partial charge in [0.25, 0.3) is 0 Å². The molecule has 2 heterocycles. The van der Waals surface area contributed by atoms with E-state index in [2.05, 4.69) is 15.2 Å². The maximum absolute atomic E-state index is 11.1. The van der Waals surface area contributed by atoms with Crippen molar-refractivity contribution in [3.8, 4) is 0 Å². The Balaban J connectivity index is 2.01. The number of hydrogen-bond acceptors (Lipinski definition) is 5. The third kappa shape index (κ3) is 1.81. The number of hydrogen-bond donors (Lipinski definition) is 0. The molecule has 0 aromatic carbocycles. The van der Waals surface area contributed by atoms with E-state index in [1.165, 1.54) is 16.5 Å². The summed E-state index contributed by atoms with van der Waals surface area (Å²) in [5.74, 6) is 0. The Morgan fingerprint density at radius 2 is 2.31 bits per heavy atom. The van der Waals surface area contributed by atoms with Gasteiger partial charge in [0.2, 0.25) is 0 Å². The first kappa shape index (κ1) is 8.11. The molecule has 0 bridgehead atoms. The molecule has 13 heavy (non-hydrogen) atoms. The van der Waals surface area contributed by atoms with Crippen LogP contribution in [-0.4, -0.2) is 24.5 Å². The smallest absolute Gasteiger partial charge is 0.255 e. The Labute approximate surface area is 77.5 Å². The lowest BCUT2D eigenvalue weighted by Gasteiger charge is -1.98. The first-order valence-corrected chi connectivity index (χ1v) is 4.57. The van der Waals surface area contributed by atoms with Crippen molar-refractivity contribution >= 4 is 11.3 Å². The zero-order valence-electron chi connectivity index (χ0n) is 6.70. The molecule has 0 N–H and O–H groups in total. The van der Waals surface area contributed by atoms with E-state index in [0.717, 1.165) is 11.3 Å². The molecular weight excluding hydrogens is 190 g/mol. The van der Waals surface area contributed by atoms with Crippen molar-refractivity contribution in [2.24, 2.45) is 0 Å². The molecule has 0 radical (unpaired) electrons. The van der Waals surface area contributed by atoms with Crippen LogP contribution in [0.4, 0.5) is 0 Å². The number of aryl methyl sites for hydroxylation is 2. The van der Waals surface area contributed by atoms with Crippen LogP contribution in [-0.2, 0) is 13.1 Å². The normalized spacial score (nSPS) is 10.5. The molecule has 0 spiro atoms. The summed E-state index contributed by atoms with van der Waals surface area (Å²) in [7, 11) is 0. The highest BCUT2D eigenvalue weighted by Gasteiger charge is 1.98. The van der Waals surface area contributed by atoms with Crippen LogP contribution in [0.5, 0.6) is 0 Å². The fraction of sp³-hybridized carbons (Fsp3) is 0.333. The lowest BCUT2D eigenvalue weighted by atomic mass is 10.6. The number of rotatable bonds is 3. The first-order valence-electron chi connectivity index (χ1n) is 3.69. The summed E-state index contributed by atoms with van der Waals surface area (Å²) in [6.45, 7) is 1.15. The molecule has 0 aliphatic carbocycles. The van der Waals surface area contributed by atoms with Crippen LogP contribution in [0.1, 0.15) is 0 Å². The topological polar surface area (TPSA) is 65.6 Å². The van der Waals surface area contributed by atoms with Crippen LogP contribution in [0.15, 0.2) is 23.0 Å². The molecule has 6 nitrogen and oxygen atoms in total. The molecule has 68 valence electrons. The Hall–Kier alpha value is -1.50. The van der Waals surface area contributed by atoms with E-state index in [9.17, 15) is 4.79 Å². The minimum Gasteiger partial charge on any atom is -0.255 e. The zero-order valence-corrected chi connectivity index (χ0v) is 7.52. The number of aromatic nitrogens is 5. The van der Waals surface area contributed by atoms with Crippen LogP contribution in [0.25, 0.3) is 0 Å². The molecule has 0 amide bonds. The predicted molar refractivity (Wildman–Crippen MR) is 46.4 cm³/mol. The zero-order chi connectivity index (χ0) is 9.10. The third-order valence-electron chi connectivity index (χ3n) is 1.56. The summed E-state index contributed by atoms with van der Waals surface area (Å²) >= 11 is 1.09. The molecule has 0 saturated carbocycles. The van der Waals surface area contributed by atoms with Gasteiger partial charge < -0.3 is 0 Å². The standard InChI is InChI=1S/C6H7N5OS/c12-6-11(9-5-13-6)2-1-10-4-7-3-8-10/h3-5H,1-2H2. The molecule has 2 aromatic heterocycles. The fourth-order valence-electron chi connectivity index (χ4n) is 0.928. The third-order valence-corrected chi connectivity index (χ3v) is 2.17. The van der Waals surface area contributed by atoms with Gasteiger partial charge in [-0.2, -0.15) is 10.2 Å². The molecule has 2 rings (SSSR count). The molecule has 0 aliphatic rings. The van der Waals surface area contributed by atoms with Gasteiger partial charge >= 0.3 is 4.87 Å². The van der Waals surface area contributed by atoms with Gasteiger partial charge in [0.1, 0.15) is 18.2 Å². The maximum Gasteiger partial charge on any atom is 0.324 e. The minimum atomic E-state index is -0.0416. The molecular formula is C6H7N5OS. The summed E-state index contributed by atoms with van der Waals surface area (Å²) in [5.41, 5.74) is 1.53. The van der Waals surface area contributed by atoms with Gasteiger partial charge in [-0.05, 0) is 0 Å². The van der Waals surface area contributed by atoms with Crippen molar-refractivity contribution in [3.05, 3.63) is 27.8 Å². The van der Waals surface area contributed by atoms with Crippen molar-refractivity contribution in [1.82, 2.24) is 24.5 Å². The summed E-state index contributed by atoms with van der Waals surface area (Å²) in [5, 5.41) is 7.79. The van der Waals surface area contributed by atoms with Crippen LogP contribution >= 0.6 is 11.3 Å². The molecule has 0 fully saturated rings. The van der Waals surface area contributed by atoms with Gasteiger partial charge in [0.15, 0.2) is 0 Å². The van der Waals surface area contributed by atoms with Crippen molar-refractivity contribution in [3.63, 3.8) is 0 Å². The van der Waals surface area contributed by atoms with Crippen LogP contribution in [0, 0.1) is 0 Å². The van der Waals surface area contributed by atoms with Gasteiger partial charge in [-0.3, -0.25) is 9.48 Å². The van der Waals surface area contributed by atoms with E-state index in [-0.39, 0.29) is 4.87 Å². The van der Waals surface area contributed by atoms with Crippen LogP contribution < -0.4 is 4.87 Å². The van der Waals surface area contributed by atoms with Crippen LogP contribution in [0.2, 0.25) is 0 Å². The van der Waals surface area contributed by atoms with Crippen molar-refractivity contribution in [2.75, 3.05) is 0 Å². The molecule has 0 atom stereocenters. The molecule has 0 unspecified atom stereocenters. The van der Waals surface area contributed by atoms with Crippen LogP contribution in [0.3, 0.4) is 0 Å². The molecule has 0 saturated heterocycles. The lowest BCUT2D eigenvalue weighted by molar-refractivity contribution is 0.491. The highest BCUT2D eigenvalue weighted by atomic mass is 32.1. The van der Waals surface area contributed by atoms with Gasteiger partial charge in [-0.25, -0.2) is 9.67 Å². The van der Waals surface area contributed by atoms with Crippen molar-refractivity contribution < 1.29 is 0 Å². The monoisotopic (exact) mass is 197 g/mol. The average molecular weight is 197 g/mol. The largest absolute Gasteiger partial charge is 0.324 e. The Morgan fingerprint density at radius 1 is 1.38 bits per heavy atom. The fourth-order valence-corrected chi connectivity index (χ4v) is 1.44. The predicted octanol–water partition coefficient (Wildman–Crippen LogP) is -0.403. The van der Waals surface area contributed by atoms with Crippen molar-refractivity contribution in [1.29, 1.82) is 0 Å². The maximum atomic E-state index is 11.1. The molecule has 7 heteroatoms. The molecule has 2 aromatic rings. The Bertz CT molecular complexity index is 416. The van der Waals surface area contributed by atoms with E-state index >= 15 is 0 Å². The van der Waals surface area contributed by atoms with Crippen molar-refractivity contribution in [2.45, 2.75) is 13.1 Å². The summed E-state index contributed by atoms with van der Waals surface area (Å²) in [6, 6.07) is 0. The van der Waals surface area contributed by atoms with E-state index < -0.39 is 0 Å². The lowest BCUT2D eigenvalue weighted by Crippen LogP contribution is -2.18. The van der Waals surface area contributed by atoms with E-state index in [1.54, 1.807) is 11.0 Å². The highest BCUT2D eigenvalue weighted by molar-refractivity contribution is 7.06. The van der Waals surface area contributed by atoms with Gasteiger partial charge in [0, 0.05) is 0 Å². The van der Waals surface area contributed by atoms with Gasteiger partial charge in [-0.15, -0.1) is 0 Å². The Morgan fingerprint density at radius 3 is 2.92 bits per heavy atom. The average Bonchev–Trinajstić information content (AvgIpc) is 2.72. The second-order valence-corrected chi connectivity index (χ2v) is 3.18. The van der Waals surface area contributed by atoms with E-state index in [1.807, 2.05) is 0 Å². The van der Waals surface area contributed by atoms with Gasteiger partial charge in [-0.1, -0.05) is 11.3 Å². The molecule has 0 aliphatic heterocycles. The summed E-state index contributed by atoms with van der Waals surface area (Å²) < 4.78 is 3.07. The number of nitrogens with zero attached hydrogens (tertiary/aromatic N) is 5. The SMILES string of the molecule is O=c1scnn1CCn1cncn1. The second kappa shape index (κ2) is 3.48. The van der Waals surface area contributed by atoms with Gasteiger partial charge in [0.05, 0.1) is 13.1 Å². The second-order valence-electron chi connectivity index (χ2n) is 2.39. The highest BCUT2D eigenvalue weighted by Crippen LogP contribution is 1.86. The summed E-state index contributed by atoms with van der Waals surface area (Å²) in [6.07, 6.45) is 3.07. The first-order chi connectivity index (χ1) is 6.36.